The summed E-state index contributed by atoms with van der Waals surface area (Å²) in [5.74, 6) is 0.808. The monoisotopic (exact) mass is 411 g/mol. The molecule has 0 aliphatic carbocycles. The van der Waals surface area contributed by atoms with Crippen molar-refractivity contribution in [1.82, 2.24) is 9.38 Å². The van der Waals surface area contributed by atoms with E-state index in [1.165, 1.54) is 6.26 Å². The Morgan fingerprint density at radius 1 is 0.964 bits per heavy atom. The van der Waals surface area contributed by atoms with Crippen LogP contribution in [0.3, 0.4) is 0 Å². The van der Waals surface area contributed by atoms with Crippen molar-refractivity contribution in [2.75, 3.05) is 11.6 Å². The van der Waals surface area contributed by atoms with E-state index in [1.54, 1.807) is 24.3 Å². The lowest BCUT2D eigenvalue weighted by Crippen LogP contribution is -2.00. The number of imidazole rings is 1. The molecule has 0 aliphatic heterocycles. The molecule has 0 aliphatic rings. The molecule has 0 spiro atoms. The van der Waals surface area contributed by atoms with Gasteiger partial charge in [0.15, 0.2) is 9.84 Å². The van der Waals surface area contributed by atoms with Gasteiger partial charge in [0.25, 0.3) is 0 Å². The predicted octanol–water partition coefficient (Wildman–Crippen LogP) is 5.11. The molecule has 0 saturated carbocycles. The first kappa shape index (κ1) is 18.5. The van der Waals surface area contributed by atoms with Crippen LogP contribution in [0.5, 0.6) is 0 Å². The summed E-state index contributed by atoms with van der Waals surface area (Å²) in [6, 6.07) is 20.1. The molecular weight excluding hydrogens is 394 g/mol. The van der Waals surface area contributed by atoms with Gasteiger partial charge in [-0.2, -0.15) is 0 Å². The van der Waals surface area contributed by atoms with E-state index in [9.17, 15) is 8.42 Å². The summed E-state index contributed by atoms with van der Waals surface area (Å²) in [7, 11) is -3.25. The molecule has 28 heavy (non-hydrogen) atoms. The first-order valence-corrected chi connectivity index (χ1v) is 10.9. The van der Waals surface area contributed by atoms with Crippen molar-refractivity contribution >= 4 is 38.6 Å². The lowest BCUT2D eigenvalue weighted by Gasteiger charge is -2.11. The van der Waals surface area contributed by atoms with Crippen LogP contribution >= 0.6 is 11.6 Å². The minimum atomic E-state index is -3.25. The van der Waals surface area contributed by atoms with E-state index in [4.69, 9.17) is 16.6 Å². The fraction of sp³-hybridized carbons (Fsp3) is 0.0952. The standard InChI is InChI=1S/C21H18ClN3O2S/c1-14-4-3-5-19-24-20(15-6-12-18(13-7-15)28(2,26)27)21(25(14)19)23-17-10-8-16(22)9-11-17/h3-13,23H,1-2H3. The van der Waals surface area contributed by atoms with Gasteiger partial charge in [-0.25, -0.2) is 13.4 Å². The molecule has 2 aromatic carbocycles. The molecule has 0 bridgehead atoms. The summed E-state index contributed by atoms with van der Waals surface area (Å²) >= 11 is 6.00. The molecule has 0 atom stereocenters. The van der Waals surface area contributed by atoms with Gasteiger partial charge in [-0.05, 0) is 55.5 Å². The Hall–Kier alpha value is -2.83. The minimum Gasteiger partial charge on any atom is -0.339 e. The molecule has 0 saturated heterocycles. The number of hydrogen-bond acceptors (Lipinski definition) is 4. The molecule has 1 N–H and O–H groups in total. The number of aromatic nitrogens is 2. The Morgan fingerprint density at radius 3 is 2.29 bits per heavy atom. The highest BCUT2D eigenvalue weighted by molar-refractivity contribution is 7.90. The van der Waals surface area contributed by atoms with Crippen LogP contribution in [0.2, 0.25) is 5.02 Å². The highest BCUT2D eigenvalue weighted by Gasteiger charge is 2.16. The predicted molar refractivity (Wildman–Crippen MR) is 113 cm³/mol. The number of aryl methyl sites for hydroxylation is 1. The number of benzene rings is 2. The lowest BCUT2D eigenvalue weighted by molar-refractivity contribution is 0.602. The van der Waals surface area contributed by atoms with Gasteiger partial charge in [-0.15, -0.1) is 0 Å². The zero-order valence-corrected chi connectivity index (χ0v) is 16.9. The highest BCUT2D eigenvalue weighted by atomic mass is 35.5. The van der Waals surface area contributed by atoms with E-state index in [0.29, 0.717) is 5.02 Å². The lowest BCUT2D eigenvalue weighted by atomic mass is 10.1. The number of pyridine rings is 1. The summed E-state index contributed by atoms with van der Waals surface area (Å²) in [4.78, 5) is 5.06. The molecule has 2 heterocycles. The van der Waals surface area contributed by atoms with Crippen LogP contribution in [-0.2, 0) is 9.84 Å². The van der Waals surface area contributed by atoms with E-state index in [0.717, 1.165) is 34.1 Å². The number of nitrogens with zero attached hydrogens (tertiary/aromatic N) is 2. The maximum atomic E-state index is 11.8. The average molecular weight is 412 g/mol. The summed E-state index contributed by atoms with van der Waals surface area (Å²) in [6.45, 7) is 2.01. The maximum absolute atomic E-state index is 11.8. The Balaban J connectivity index is 1.88. The molecule has 5 nitrogen and oxygen atoms in total. The quantitative estimate of drug-likeness (QED) is 0.506. The number of sulfone groups is 1. The molecule has 4 rings (SSSR count). The Bertz CT molecular complexity index is 1260. The smallest absolute Gasteiger partial charge is 0.175 e. The Morgan fingerprint density at radius 2 is 1.64 bits per heavy atom. The molecule has 0 amide bonds. The van der Waals surface area contributed by atoms with Crippen molar-refractivity contribution in [3.63, 3.8) is 0 Å². The van der Waals surface area contributed by atoms with E-state index < -0.39 is 9.84 Å². The minimum absolute atomic E-state index is 0.281. The van der Waals surface area contributed by atoms with Crippen molar-refractivity contribution in [2.24, 2.45) is 0 Å². The SMILES string of the molecule is Cc1cccc2nc(-c3ccc(S(C)(=O)=O)cc3)c(Nc3ccc(Cl)cc3)n12. The molecule has 0 radical (unpaired) electrons. The van der Waals surface area contributed by atoms with Gasteiger partial charge in [0, 0.05) is 28.2 Å². The third-order valence-electron chi connectivity index (χ3n) is 4.50. The number of fused-ring (bicyclic) bond motifs is 1. The first-order valence-electron chi connectivity index (χ1n) is 8.64. The summed E-state index contributed by atoms with van der Waals surface area (Å²) < 4.78 is 25.6. The van der Waals surface area contributed by atoms with E-state index in [1.807, 2.05) is 53.8 Å². The van der Waals surface area contributed by atoms with Gasteiger partial charge in [-0.1, -0.05) is 29.8 Å². The second-order valence-electron chi connectivity index (χ2n) is 6.60. The Kier molecular flexibility index (Phi) is 4.61. The number of nitrogens with one attached hydrogen (secondary N) is 1. The molecule has 0 unspecified atom stereocenters. The summed E-state index contributed by atoms with van der Waals surface area (Å²) in [5.41, 5.74) is 4.28. The van der Waals surface area contributed by atoms with Gasteiger partial charge >= 0.3 is 0 Å². The van der Waals surface area contributed by atoms with E-state index in [-0.39, 0.29) is 4.90 Å². The van der Waals surface area contributed by atoms with Crippen LogP contribution < -0.4 is 5.32 Å². The third-order valence-corrected chi connectivity index (χ3v) is 5.88. The summed E-state index contributed by atoms with van der Waals surface area (Å²) in [6.07, 6.45) is 1.20. The van der Waals surface area contributed by atoms with Crippen LogP contribution in [0, 0.1) is 6.92 Å². The van der Waals surface area contributed by atoms with Gasteiger partial charge in [0.2, 0.25) is 0 Å². The maximum Gasteiger partial charge on any atom is 0.175 e. The highest BCUT2D eigenvalue weighted by Crippen LogP contribution is 2.33. The Labute approximate surface area is 168 Å². The van der Waals surface area contributed by atoms with Crippen LogP contribution in [0.4, 0.5) is 11.5 Å². The third kappa shape index (κ3) is 3.48. The number of rotatable bonds is 4. The fourth-order valence-electron chi connectivity index (χ4n) is 3.10. The van der Waals surface area contributed by atoms with Gasteiger partial charge in [0.05, 0.1) is 4.90 Å². The van der Waals surface area contributed by atoms with Gasteiger partial charge < -0.3 is 5.32 Å². The van der Waals surface area contributed by atoms with Gasteiger partial charge in [-0.3, -0.25) is 4.40 Å². The molecule has 4 aromatic rings. The van der Waals surface area contributed by atoms with E-state index >= 15 is 0 Å². The van der Waals surface area contributed by atoms with Gasteiger partial charge in [0.1, 0.15) is 17.2 Å². The fourth-order valence-corrected chi connectivity index (χ4v) is 3.86. The average Bonchev–Trinajstić information content (AvgIpc) is 3.03. The van der Waals surface area contributed by atoms with Crippen LogP contribution in [0.25, 0.3) is 16.9 Å². The zero-order chi connectivity index (χ0) is 19.9. The van der Waals surface area contributed by atoms with Crippen LogP contribution in [-0.4, -0.2) is 24.1 Å². The molecular formula is C21H18ClN3O2S. The van der Waals surface area contributed by atoms with Crippen molar-refractivity contribution in [2.45, 2.75) is 11.8 Å². The van der Waals surface area contributed by atoms with Crippen LogP contribution in [0.15, 0.2) is 71.6 Å². The number of anilines is 2. The van der Waals surface area contributed by atoms with Crippen molar-refractivity contribution in [3.05, 3.63) is 77.4 Å². The second-order valence-corrected chi connectivity index (χ2v) is 9.05. The zero-order valence-electron chi connectivity index (χ0n) is 15.3. The second kappa shape index (κ2) is 6.96. The normalized spacial score (nSPS) is 11.7. The molecule has 142 valence electrons. The van der Waals surface area contributed by atoms with Crippen LogP contribution in [0.1, 0.15) is 5.69 Å². The largest absolute Gasteiger partial charge is 0.339 e. The topological polar surface area (TPSA) is 63.5 Å². The van der Waals surface area contributed by atoms with Crippen molar-refractivity contribution in [1.29, 1.82) is 0 Å². The summed E-state index contributed by atoms with van der Waals surface area (Å²) in [5, 5.41) is 4.09. The number of hydrogen-bond donors (Lipinski definition) is 1. The molecule has 2 aromatic heterocycles. The van der Waals surface area contributed by atoms with E-state index in [2.05, 4.69) is 5.32 Å². The number of halogens is 1. The first-order chi connectivity index (χ1) is 13.3. The molecule has 0 fully saturated rings. The van der Waals surface area contributed by atoms with Crippen molar-refractivity contribution in [3.8, 4) is 11.3 Å². The molecule has 7 heteroatoms. The van der Waals surface area contributed by atoms with Crippen molar-refractivity contribution < 1.29 is 8.42 Å².